The number of carbonyl (C=O) groups excluding carboxylic acids is 1. The third-order valence-electron chi connectivity index (χ3n) is 5.11. The van der Waals surface area contributed by atoms with Crippen LogP contribution in [-0.4, -0.2) is 29.9 Å². The maximum Gasteiger partial charge on any atom is 0.226 e. The zero-order valence-corrected chi connectivity index (χ0v) is 10.6. The summed E-state index contributed by atoms with van der Waals surface area (Å²) in [5, 5.41) is 0. The van der Waals surface area contributed by atoms with E-state index in [2.05, 4.69) is 4.90 Å². The molecule has 3 rings (SSSR count). The molecule has 3 aliphatic carbocycles. The van der Waals surface area contributed by atoms with E-state index in [0.717, 1.165) is 18.4 Å². The van der Waals surface area contributed by atoms with Crippen LogP contribution in [0.5, 0.6) is 0 Å². The zero-order valence-electron chi connectivity index (χ0n) is 10.6. The molecule has 0 heterocycles. The second-order valence-corrected chi connectivity index (χ2v) is 6.04. The van der Waals surface area contributed by atoms with E-state index in [1.54, 1.807) is 0 Å². The average molecular weight is 236 g/mol. The molecule has 3 aliphatic rings. The number of amides is 1. The first kappa shape index (κ1) is 11.5. The molecule has 3 saturated carbocycles. The summed E-state index contributed by atoms with van der Waals surface area (Å²) >= 11 is 0. The third kappa shape index (κ3) is 1.99. The summed E-state index contributed by atoms with van der Waals surface area (Å²) in [4.78, 5) is 14.7. The molecule has 0 spiro atoms. The van der Waals surface area contributed by atoms with Gasteiger partial charge in [0.2, 0.25) is 5.91 Å². The summed E-state index contributed by atoms with van der Waals surface area (Å²) in [5.41, 5.74) is 5.66. The van der Waals surface area contributed by atoms with Gasteiger partial charge in [0.1, 0.15) is 0 Å². The Morgan fingerprint density at radius 1 is 1.06 bits per heavy atom. The van der Waals surface area contributed by atoms with E-state index in [1.807, 2.05) is 0 Å². The van der Waals surface area contributed by atoms with Gasteiger partial charge in [-0.2, -0.15) is 0 Å². The van der Waals surface area contributed by atoms with Crippen LogP contribution < -0.4 is 5.73 Å². The molecule has 96 valence electrons. The van der Waals surface area contributed by atoms with Crippen LogP contribution >= 0.6 is 0 Å². The van der Waals surface area contributed by atoms with Gasteiger partial charge in [-0.1, -0.05) is 12.8 Å². The van der Waals surface area contributed by atoms with Crippen molar-refractivity contribution >= 4 is 5.91 Å². The lowest BCUT2D eigenvalue weighted by Gasteiger charge is -2.37. The largest absolute Gasteiger partial charge is 0.338 e. The summed E-state index contributed by atoms with van der Waals surface area (Å²) in [6.45, 7) is 1.39. The molecule has 0 radical (unpaired) electrons. The molecular formula is C14H24N2O. The first-order chi connectivity index (χ1) is 8.33. The molecule has 0 aliphatic heterocycles. The highest BCUT2D eigenvalue weighted by atomic mass is 16.2. The SMILES string of the molecule is NCCN(C(=O)C1C2CCCCC21)C1CCC1. The van der Waals surface area contributed by atoms with Crippen molar-refractivity contribution in [3.05, 3.63) is 0 Å². The lowest BCUT2D eigenvalue weighted by molar-refractivity contribution is -0.137. The zero-order chi connectivity index (χ0) is 11.8. The van der Waals surface area contributed by atoms with Crippen LogP contribution in [0.3, 0.4) is 0 Å². The van der Waals surface area contributed by atoms with Crippen LogP contribution in [0.4, 0.5) is 0 Å². The standard InChI is InChI=1S/C14H24N2O/c15-8-9-16(10-4-3-5-10)14(17)13-11-6-1-2-7-12(11)13/h10-13H,1-9,15H2. The normalized spacial score (nSPS) is 35.9. The lowest BCUT2D eigenvalue weighted by atomic mass is 9.91. The minimum Gasteiger partial charge on any atom is -0.338 e. The van der Waals surface area contributed by atoms with Gasteiger partial charge in [-0.3, -0.25) is 4.79 Å². The molecule has 3 heteroatoms. The monoisotopic (exact) mass is 236 g/mol. The molecule has 2 unspecified atom stereocenters. The van der Waals surface area contributed by atoms with Crippen molar-refractivity contribution in [2.75, 3.05) is 13.1 Å². The van der Waals surface area contributed by atoms with Crippen molar-refractivity contribution in [2.45, 2.75) is 51.0 Å². The first-order valence-electron chi connectivity index (χ1n) is 7.33. The predicted molar refractivity (Wildman–Crippen MR) is 67.3 cm³/mol. The molecule has 2 N–H and O–H groups in total. The number of fused-ring (bicyclic) bond motifs is 1. The van der Waals surface area contributed by atoms with Gasteiger partial charge in [0.15, 0.2) is 0 Å². The third-order valence-corrected chi connectivity index (χ3v) is 5.11. The highest BCUT2D eigenvalue weighted by Gasteiger charge is 2.56. The topological polar surface area (TPSA) is 46.3 Å². The van der Waals surface area contributed by atoms with Gasteiger partial charge < -0.3 is 10.6 Å². The Balaban J connectivity index is 1.63. The van der Waals surface area contributed by atoms with Gasteiger partial charge in [-0.05, 0) is 43.9 Å². The van der Waals surface area contributed by atoms with E-state index in [-0.39, 0.29) is 0 Å². The minimum absolute atomic E-state index is 0.379. The summed E-state index contributed by atoms with van der Waals surface area (Å²) in [6.07, 6.45) is 8.96. The maximum absolute atomic E-state index is 12.6. The highest BCUT2D eigenvalue weighted by Crippen LogP contribution is 2.56. The van der Waals surface area contributed by atoms with Crippen LogP contribution in [0.2, 0.25) is 0 Å². The van der Waals surface area contributed by atoms with Crippen LogP contribution in [0.25, 0.3) is 0 Å². The van der Waals surface area contributed by atoms with Crippen LogP contribution in [-0.2, 0) is 4.79 Å². The van der Waals surface area contributed by atoms with Crippen molar-refractivity contribution in [1.29, 1.82) is 0 Å². The van der Waals surface area contributed by atoms with Crippen molar-refractivity contribution in [1.82, 2.24) is 4.90 Å². The van der Waals surface area contributed by atoms with E-state index >= 15 is 0 Å². The van der Waals surface area contributed by atoms with Gasteiger partial charge in [0, 0.05) is 25.0 Å². The van der Waals surface area contributed by atoms with Crippen molar-refractivity contribution < 1.29 is 4.79 Å². The molecule has 1 amide bonds. The van der Waals surface area contributed by atoms with E-state index < -0.39 is 0 Å². The predicted octanol–water partition coefficient (Wildman–Crippen LogP) is 1.76. The Hall–Kier alpha value is -0.570. The Morgan fingerprint density at radius 2 is 1.71 bits per heavy atom. The fourth-order valence-corrected chi connectivity index (χ4v) is 3.86. The van der Waals surface area contributed by atoms with E-state index in [1.165, 1.54) is 44.9 Å². The fraction of sp³-hybridized carbons (Fsp3) is 0.929. The van der Waals surface area contributed by atoms with E-state index in [9.17, 15) is 4.79 Å². The highest BCUT2D eigenvalue weighted by molar-refractivity contribution is 5.82. The molecule has 3 fully saturated rings. The molecule has 0 saturated heterocycles. The number of rotatable bonds is 4. The fourth-order valence-electron chi connectivity index (χ4n) is 3.86. The number of nitrogens with zero attached hydrogens (tertiary/aromatic N) is 1. The Bertz CT molecular complexity index is 289. The van der Waals surface area contributed by atoms with Gasteiger partial charge >= 0.3 is 0 Å². The van der Waals surface area contributed by atoms with E-state index in [4.69, 9.17) is 5.73 Å². The summed E-state index contributed by atoms with van der Waals surface area (Å²) < 4.78 is 0. The second kappa shape index (κ2) is 4.60. The molecule has 0 aromatic carbocycles. The molecule has 0 aromatic rings. The van der Waals surface area contributed by atoms with Crippen LogP contribution in [0.1, 0.15) is 44.9 Å². The number of hydrogen-bond acceptors (Lipinski definition) is 2. The average Bonchev–Trinajstić information content (AvgIpc) is 2.99. The van der Waals surface area contributed by atoms with E-state index in [0.29, 0.717) is 24.4 Å². The molecule has 0 aromatic heterocycles. The quantitative estimate of drug-likeness (QED) is 0.808. The first-order valence-corrected chi connectivity index (χ1v) is 7.33. The van der Waals surface area contributed by atoms with Crippen molar-refractivity contribution in [3.63, 3.8) is 0 Å². The summed E-state index contributed by atoms with van der Waals surface area (Å²) in [5.74, 6) is 2.29. The Kier molecular flexibility index (Phi) is 3.12. The van der Waals surface area contributed by atoms with Crippen molar-refractivity contribution in [3.8, 4) is 0 Å². The van der Waals surface area contributed by atoms with Crippen LogP contribution in [0, 0.1) is 17.8 Å². The summed E-state index contributed by atoms with van der Waals surface area (Å²) in [7, 11) is 0. The molecular weight excluding hydrogens is 212 g/mol. The lowest BCUT2D eigenvalue weighted by Crippen LogP contribution is -2.47. The van der Waals surface area contributed by atoms with Crippen LogP contribution in [0.15, 0.2) is 0 Å². The number of carbonyl (C=O) groups is 1. The smallest absolute Gasteiger partial charge is 0.226 e. The van der Waals surface area contributed by atoms with Gasteiger partial charge in [0.05, 0.1) is 0 Å². The van der Waals surface area contributed by atoms with Crippen molar-refractivity contribution in [2.24, 2.45) is 23.5 Å². The number of nitrogens with two attached hydrogens (primary N) is 1. The second-order valence-electron chi connectivity index (χ2n) is 6.04. The Morgan fingerprint density at radius 3 is 2.18 bits per heavy atom. The Labute approximate surface area is 104 Å². The minimum atomic E-state index is 0.379. The number of hydrogen-bond donors (Lipinski definition) is 1. The maximum atomic E-state index is 12.6. The molecule has 0 bridgehead atoms. The molecule has 3 nitrogen and oxygen atoms in total. The summed E-state index contributed by atoms with van der Waals surface area (Å²) in [6, 6.07) is 0.522. The molecule has 17 heavy (non-hydrogen) atoms. The van der Waals surface area contributed by atoms with Gasteiger partial charge in [-0.25, -0.2) is 0 Å². The van der Waals surface area contributed by atoms with Gasteiger partial charge in [0.25, 0.3) is 0 Å². The van der Waals surface area contributed by atoms with Gasteiger partial charge in [-0.15, -0.1) is 0 Å². The molecule has 2 atom stereocenters.